The molecule has 4 aliphatic carbocycles. The third kappa shape index (κ3) is 3.50. The molecule has 0 aromatic heterocycles. The van der Waals surface area contributed by atoms with E-state index in [4.69, 9.17) is 0 Å². The van der Waals surface area contributed by atoms with Gasteiger partial charge >= 0.3 is 0 Å². The molecule has 1 nitrogen and oxygen atoms in total. The molecule has 4 rings (SSSR count). The highest BCUT2D eigenvalue weighted by molar-refractivity contribution is 5.53. The first-order chi connectivity index (χ1) is 14.2. The Morgan fingerprint density at radius 2 is 1.93 bits per heavy atom. The Morgan fingerprint density at radius 3 is 2.63 bits per heavy atom. The van der Waals surface area contributed by atoms with Gasteiger partial charge in [0.2, 0.25) is 0 Å². The molecule has 4 aliphatic rings. The van der Waals surface area contributed by atoms with Crippen molar-refractivity contribution in [1.82, 2.24) is 0 Å². The van der Waals surface area contributed by atoms with Gasteiger partial charge in [0.05, 0.1) is 6.10 Å². The molecule has 0 aliphatic heterocycles. The van der Waals surface area contributed by atoms with Crippen LogP contribution in [0.1, 0.15) is 92.9 Å². The standard InChI is InChI=1S/C29H44O/c1-7-21(19(2)3)9-8-20(4)25-12-13-26-24-11-10-22-18-23(30)14-16-28(22,5)27(24)15-17-29(25,26)6/h7,10-11,15,19-20,23,25-26,30H,8-9,12-14,16-18H2,1-6H3/b21-7-/t20-,23+,25?,26?,28?,29?/m1/s1. The van der Waals surface area contributed by atoms with E-state index in [0.717, 1.165) is 37.0 Å². The number of rotatable bonds is 5. The summed E-state index contributed by atoms with van der Waals surface area (Å²) < 4.78 is 0. The first kappa shape index (κ1) is 22.1. The summed E-state index contributed by atoms with van der Waals surface area (Å²) in [5.74, 6) is 3.02. The van der Waals surface area contributed by atoms with Gasteiger partial charge in [0.15, 0.2) is 0 Å². The third-order valence-electron chi connectivity index (χ3n) is 9.73. The lowest BCUT2D eigenvalue weighted by Gasteiger charge is -2.50. The van der Waals surface area contributed by atoms with Crippen molar-refractivity contribution in [2.24, 2.45) is 34.5 Å². The number of allylic oxidation sites excluding steroid dienone is 7. The predicted molar refractivity (Wildman–Crippen MR) is 128 cm³/mol. The van der Waals surface area contributed by atoms with Gasteiger partial charge in [-0.3, -0.25) is 0 Å². The zero-order valence-electron chi connectivity index (χ0n) is 20.3. The second kappa shape index (κ2) is 8.12. The Balaban J connectivity index is 1.56. The zero-order chi connectivity index (χ0) is 21.7. The molecule has 0 amide bonds. The van der Waals surface area contributed by atoms with Gasteiger partial charge < -0.3 is 5.11 Å². The van der Waals surface area contributed by atoms with Gasteiger partial charge in [-0.15, -0.1) is 0 Å². The molecule has 0 saturated heterocycles. The highest BCUT2D eigenvalue weighted by atomic mass is 16.3. The lowest BCUT2D eigenvalue weighted by atomic mass is 9.54. The van der Waals surface area contributed by atoms with E-state index >= 15 is 0 Å². The Kier molecular flexibility index (Phi) is 5.99. The molecule has 0 aromatic rings. The minimum absolute atomic E-state index is 0.140. The monoisotopic (exact) mass is 408 g/mol. The Bertz CT molecular complexity index is 793. The molecule has 0 bridgehead atoms. The topological polar surface area (TPSA) is 20.2 Å². The fourth-order valence-corrected chi connectivity index (χ4v) is 7.69. The highest BCUT2D eigenvalue weighted by Crippen LogP contribution is 2.64. The van der Waals surface area contributed by atoms with Crippen molar-refractivity contribution >= 4 is 0 Å². The van der Waals surface area contributed by atoms with Crippen molar-refractivity contribution in [2.75, 3.05) is 0 Å². The fourth-order valence-electron chi connectivity index (χ4n) is 7.69. The molecular weight excluding hydrogens is 364 g/mol. The average Bonchev–Trinajstić information content (AvgIpc) is 3.06. The van der Waals surface area contributed by atoms with Gasteiger partial charge in [0, 0.05) is 5.41 Å². The van der Waals surface area contributed by atoms with E-state index in [1.54, 1.807) is 16.7 Å². The van der Waals surface area contributed by atoms with Crippen LogP contribution in [-0.4, -0.2) is 11.2 Å². The Labute approximate surface area is 185 Å². The van der Waals surface area contributed by atoms with Gasteiger partial charge in [0.1, 0.15) is 0 Å². The lowest BCUT2D eigenvalue weighted by Crippen LogP contribution is -2.41. The maximum absolute atomic E-state index is 10.2. The smallest absolute Gasteiger partial charge is 0.0578 e. The predicted octanol–water partition coefficient (Wildman–Crippen LogP) is 7.79. The van der Waals surface area contributed by atoms with Gasteiger partial charge in [-0.25, -0.2) is 0 Å². The second-order valence-electron chi connectivity index (χ2n) is 11.6. The van der Waals surface area contributed by atoms with Crippen LogP contribution in [0.4, 0.5) is 0 Å². The van der Waals surface area contributed by atoms with Crippen molar-refractivity contribution in [3.8, 4) is 0 Å². The summed E-state index contributed by atoms with van der Waals surface area (Å²) in [7, 11) is 0. The molecule has 1 N–H and O–H groups in total. The molecule has 2 saturated carbocycles. The molecular formula is C29H44O. The van der Waals surface area contributed by atoms with Gasteiger partial charge in [-0.2, -0.15) is 0 Å². The number of hydrogen-bond donors (Lipinski definition) is 1. The van der Waals surface area contributed by atoms with E-state index in [0.29, 0.717) is 11.3 Å². The zero-order valence-corrected chi connectivity index (χ0v) is 20.3. The highest BCUT2D eigenvalue weighted by Gasteiger charge is 2.54. The van der Waals surface area contributed by atoms with E-state index < -0.39 is 0 Å². The van der Waals surface area contributed by atoms with E-state index in [-0.39, 0.29) is 11.5 Å². The maximum Gasteiger partial charge on any atom is 0.0578 e. The summed E-state index contributed by atoms with van der Waals surface area (Å²) >= 11 is 0. The largest absolute Gasteiger partial charge is 0.393 e. The Morgan fingerprint density at radius 1 is 1.17 bits per heavy atom. The van der Waals surface area contributed by atoms with Gasteiger partial charge in [0.25, 0.3) is 0 Å². The van der Waals surface area contributed by atoms with Crippen LogP contribution >= 0.6 is 0 Å². The number of hydrogen-bond acceptors (Lipinski definition) is 1. The van der Waals surface area contributed by atoms with Crippen molar-refractivity contribution in [2.45, 2.75) is 99.0 Å². The summed E-state index contributed by atoms with van der Waals surface area (Å²) in [6.07, 6.45) is 19.2. The molecule has 0 spiro atoms. The molecule has 166 valence electrons. The maximum atomic E-state index is 10.2. The SMILES string of the molecule is C/C=C(/CC[C@@H](C)C1CCC2C3=CC=C4C[C@@H](O)CCC4(C)C3=CCC21C)C(C)C. The van der Waals surface area contributed by atoms with E-state index in [2.05, 4.69) is 65.8 Å². The summed E-state index contributed by atoms with van der Waals surface area (Å²) in [5, 5.41) is 10.2. The minimum Gasteiger partial charge on any atom is -0.393 e. The van der Waals surface area contributed by atoms with Gasteiger partial charge in [-0.1, -0.05) is 70.1 Å². The third-order valence-corrected chi connectivity index (χ3v) is 9.73. The molecule has 4 unspecified atom stereocenters. The summed E-state index contributed by atoms with van der Waals surface area (Å²) in [4.78, 5) is 0. The molecule has 0 radical (unpaired) electrons. The van der Waals surface area contributed by atoms with Crippen LogP contribution in [0.5, 0.6) is 0 Å². The first-order valence-corrected chi connectivity index (χ1v) is 12.7. The number of aliphatic hydroxyl groups is 1. The van der Waals surface area contributed by atoms with Crippen molar-refractivity contribution < 1.29 is 5.11 Å². The quantitative estimate of drug-likeness (QED) is 0.460. The van der Waals surface area contributed by atoms with E-state index in [1.807, 2.05) is 0 Å². The molecule has 0 aromatic carbocycles. The van der Waals surface area contributed by atoms with Crippen LogP contribution in [0.15, 0.2) is 46.6 Å². The van der Waals surface area contributed by atoms with E-state index in [9.17, 15) is 5.11 Å². The normalized spacial score (nSPS) is 39.5. The summed E-state index contributed by atoms with van der Waals surface area (Å²) in [6.45, 7) is 14.5. The fraction of sp³-hybridized carbons (Fsp3) is 0.724. The summed E-state index contributed by atoms with van der Waals surface area (Å²) in [6, 6.07) is 0. The Hall–Kier alpha value is -1.08. The number of aliphatic hydroxyl groups excluding tert-OH is 1. The van der Waals surface area contributed by atoms with Crippen LogP contribution in [-0.2, 0) is 0 Å². The molecule has 2 fully saturated rings. The van der Waals surface area contributed by atoms with E-state index in [1.165, 1.54) is 37.7 Å². The molecule has 30 heavy (non-hydrogen) atoms. The molecule has 6 atom stereocenters. The van der Waals surface area contributed by atoms with Crippen LogP contribution in [0, 0.1) is 34.5 Å². The molecule has 0 heterocycles. The van der Waals surface area contributed by atoms with Crippen LogP contribution in [0.2, 0.25) is 0 Å². The van der Waals surface area contributed by atoms with Crippen molar-refractivity contribution in [1.29, 1.82) is 0 Å². The first-order valence-electron chi connectivity index (χ1n) is 12.7. The van der Waals surface area contributed by atoms with Crippen LogP contribution < -0.4 is 0 Å². The summed E-state index contributed by atoms with van der Waals surface area (Å²) in [5.41, 5.74) is 6.96. The van der Waals surface area contributed by atoms with Crippen molar-refractivity contribution in [3.63, 3.8) is 0 Å². The van der Waals surface area contributed by atoms with Gasteiger partial charge in [-0.05, 0) is 98.5 Å². The van der Waals surface area contributed by atoms with Crippen LogP contribution in [0.25, 0.3) is 0 Å². The minimum atomic E-state index is -0.140. The van der Waals surface area contributed by atoms with Crippen molar-refractivity contribution in [3.05, 3.63) is 46.6 Å². The lowest BCUT2D eigenvalue weighted by molar-refractivity contribution is 0.107. The number of fused-ring (bicyclic) bond motifs is 5. The van der Waals surface area contributed by atoms with Crippen LogP contribution in [0.3, 0.4) is 0 Å². The average molecular weight is 409 g/mol. The molecule has 1 heteroatoms. The second-order valence-corrected chi connectivity index (χ2v) is 11.6.